The van der Waals surface area contributed by atoms with Crippen LogP contribution < -0.4 is 0 Å². The summed E-state index contributed by atoms with van der Waals surface area (Å²) in [5.41, 5.74) is 2.56. The molecule has 0 saturated carbocycles. The Labute approximate surface area is 101 Å². The normalized spacial score (nSPS) is 10.9. The summed E-state index contributed by atoms with van der Waals surface area (Å²) in [5, 5.41) is 12.5. The maximum absolute atomic E-state index is 10.7. The van der Waals surface area contributed by atoms with Gasteiger partial charge in [0.1, 0.15) is 11.2 Å². The van der Waals surface area contributed by atoms with Crippen molar-refractivity contribution in [1.29, 1.82) is 0 Å². The molecule has 0 amide bonds. The maximum atomic E-state index is 10.7. The highest BCUT2D eigenvalue weighted by Gasteiger charge is 2.13. The van der Waals surface area contributed by atoms with Crippen molar-refractivity contribution in [2.45, 2.75) is 6.92 Å². The summed E-state index contributed by atoms with van der Waals surface area (Å²) in [6, 6.07) is 6.68. The third-order valence-corrected chi connectivity index (χ3v) is 2.51. The molecule has 6 nitrogen and oxygen atoms in total. The van der Waals surface area contributed by atoms with E-state index in [-0.39, 0.29) is 5.76 Å². The lowest BCUT2D eigenvalue weighted by molar-refractivity contribution is 0.0652. The van der Waals surface area contributed by atoms with Crippen LogP contribution in [0.2, 0.25) is 0 Å². The van der Waals surface area contributed by atoms with Crippen LogP contribution in [0.1, 0.15) is 16.4 Å². The second kappa shape index (κ2) is 3.69. The van der Waals surface area contributed by atoms with Crippen LogP contribution in [0, 0.1) is 6.92 Å². The molecule has 3 aromatic rings. The minimum Gasteiger partial charge on any atom is -0.475 e. The molecule has 0 aliphatic heterocycles. The molecule has 0 saturated heterocycles. The predicted molar refractivity (Wildman–Crippen MR) is 61.2 cm³/mol. The molecule has 2 aromatic heterocycles. The summed E-state index contributed by atoms with van der Waals surface area (Å²) in [4.78, 5) is 14.9. The van der Waals surface area contributed by atoms with E-state index in [1.165, 1.54) is 6.07 Å². The summed E-state index contributed by atoms with van der Waals surface area (Å²) in [6.07, 6.45) is 0. The van der Waals surface area contributed by atoms with Crippen LogP contribution in [0.3, 0.4) is 0 Å². The minimum atomic E-state index is -1.15. The number of nitrogens with zero attached hydrogens (tertiary/aromatic N) is 2. The summed E-state index contributed by atoms with van der Waals surface area (Å²) >= 11 is 0. The number of benzene rings is 1. The Morgan fingerprint density at radius 2 is 2.17 bits per heavy atom. The third-order valence-electron chi connectivity index (χ3n) is 2.51. The predicted octanol–water partition coefficient (Wildman–Crippen LogP) is 2.49. The van der Waals surface area contributed by atoms with E-state index < -0.39 is 5.97 Å². The van der Waals surface area contributed by atoms with Crippen molar-refractivity contribution in [1.82, 2.24) is 10.1 Å². The molecular formula is C12H8N2O4. The fourth-order valence-corrected chi connectivity index (χ4v) is 1.71. The molecule has 6 heteroatoms. The number of hydrogen-bond donors (Lipinski definition) is 1. The number of aryl methyl sites for hydroxylation is 1. The van der Waals surface area contributed by atoms with Gasteiger partial charge in [0.05, 0.1) is 0 Å². The first-order valence-corrected chi connectivity index (χ1v) is 5.21. The van der Waals surface area contributed by atoms with Crippen LogP contribution >= 0.6 is 0 Å². The van der Waals surface area contributed by atoms with Crippen molar-refractivity contribution in [2.24, 2.45) is 0 Å². The number of aromatic carboxylic acids is 1. The van der Waals surface area contributed by atoms with E-state index in [1.807, 2.05) is 0 Å². The summed E-state index contributed by atoms with van der Waals surface area (Å²) in [7, 11) is 0. The standard InChI is InChI=1S/C12H8N2O4/c1-6-13-9-4-7(2-3-10(9)17-6)8-5-11(12(15)16)18-14-8/h2-5H,1H3,(H,15,16). The molecule has 0 spiro atoms. The van der Waals surface area contributed by atoms with E-state index in [1.54, 1.807) is 25.1 Å². The van der Waals surface area contributed by atoms with E-state index in [4.69, 9.17) is 14.0 Å². The average Bonchev–Trinajstić information content (AvgIpc) is 2.91. The van der Waals surface area contributed by atoms with Gasteiger partial charge in [0.2, 0.25) is 5.76 Å². The van der Waals surface area contributed by atoms with Crippen molar-refractivity contribution in [2.75, 3.05) is 0 Å². The molecule has 18 heavy (non-hydrogen) atoms. The first-order valence-electron chi connectivity index (χ1n) is 5.21. The second-order valence-electron chi connectivity index (χ2n) is 3.80. The number of rotatable bonds is 2. The zero-order valence-corrected chi connectivity index (χ0v) is 9.38. The van der Waals surface area contributed by atoms with E-state index in [0.29, 0.717) is 22.7 Å². The lowest BCUT2D eigenvalue weighted by Gasteiger charge is -1.93. The Morgan fingerprint density at radius 1 is 1.33 bits per heavy atom. The molecule has 0 unspecified atom stereocenters. The summed E-state index contributed by atoms with van der Waals surface area (Å²) in [6.45, 7) is 1.76. The molecule has 0 fully saturated rings. The first kappa shape index (κ1) is 10.5. The summed E-state index contributed by atoms with van der Waals surface area (Å²) in [5.74, 6) is -0.762. The second-order valence-corrected chi connectivity index (χ2v) is 3.80. The zero-order chi connectivity index (χ0) is 12.7. The topological polar surface area (TPSA) is 89.4 Å². The Balaban J connectivity index is 2.09. The Bertz CT molecular complexity index is 741. The largest absolute Gasteiger partial charge is 0.475 e. The van der Waals surface area contributed by atoms with Crippen molar-refractivity contribution < 1.29 is 18.8 Å². The van der Waals surface area contributed by atoms with Gasteiger partial charge in [0.15, 0.2) is 11.5 Å². The number of carboxylic acids is 1. The van der Waals surface area contributed by atoms with Crippen LogP contribution in [-0.4, -0.2) is 21.2 Å². The van der Waals surface area contributed by atoms with Gasteiger partial charge in [0.25, 0.3) is 0 Å². The van der Waals surface area contributed by atoms with Crippen molar-refractivity contribution >= 4 is 17.1 Å². The van der Waals surface area contributed by atoms with Crippen molar-refractivity contribution in [3.63, 3.8) is 0 Å². The smallest absolute Gasteiger partial charge is 0.374 e. The van der Waals surface area contributed by atoms with Crippen molar-refractivity contribution in [3.05, 3.63) is 35.9 Å². The Hall–Kier alpha value is -2.63. The molecule has 90 valence electrons. The van der Waals surface area contributed by atoms with Gasteiger partial charge in [-0.1, -0.05) is 5.16 Å². The summed E-state index contributed by atoms with van der Waals surface area (Å²) < 4.78 is 10.1. The van der Waals surface area contributed by atoms with Gasteiger partial charge in [0, 0.05) is 18.6 Å². The van der Waals surface area contributed by atoms with Gasteiger partial charge in [-0.05, 0) is 18.2 Å². The van der Waals surface area contributed by atoms with Gasteiger partial charge in [-0.2, -0.15) is 0 Å². The fraction of sp³-hybridized carbons (Fsp3) is 0.0833. The Kier molecular flexibility index (Phi) is 2.16. The lowest BCUT2D eigenvalue weighted by atomic mass is 10.1. The SMILES string of the molecule is Cc1nc2cc(-c3cc(C(=O)O)on3)ccc2o1. The van der Waals surface area contributed by atoms with Gasteiger partial charge in [-0.25, -0.2) is 9.78 Å². The average molecular weight is 244 g/mol. The highest BCUT2D eigenvalue weighted by molar-refractivity contribution is 5.86. The molecule has 0 aliphatic rings. The molecule has 0 aliphatic carbocycles. The molecule has 0 atom stereocenters. The van der Waals surface area contributed by atoms with E-state index in [9.17, 15) is 4.79 Å². The number of oxazole rings is 1. The Morgan fingerprint density at radius 3 is 2.89 bits per heavy atom. The first-order chi connectivity index (χ1) is 8.63. The molecule has 3 rings (SSSR count). The van der Waals surface area contributed by atoms with Gasteiger partial charge >= 0.3 is 5.97 Å². The number of carbonyl (C=O) groups is 1. The highest BCUT2D eigenvalue weighted by atomic mass is 16.5. The maximum Gasteiger partial charge on any atom is 0.374 e. The quantitative estimate of drug-likeness (QED) is 0.744. The number of fused-ring (bicyclic) bond motifs is 1. The van der Waals surface area contributed by atoms with Crippen molar-refractivity contribution in [3.8, 4) is 11.3 Å². The molecule has 2 heterocycles. The minimum absolute atomic E-state index is 0.193. The van der Waals surface area contributed by atoms with Gasteiger partial charge in [-0.15, -0.1) is 0 Å². The van der Waals surface area contributed by atoms with E-state index >= 15 is 0 Å². The van der Waals surface area contributed by atoms with Crippen LogP contribution in [-0.2, 0) is 0 Å². The van der Waals surface area contributed by atoms with Gasteiger partial charge in [-0.3, -0.25) is 0 Å². The number of hydrogen-bond acceptors (Lipinski definition) is 5. The monoisotopic (exact) mass is 244 g/mol. The van der Waals surface area contributed by atoms with E-state index in [2.05, 4.69) is 10.1 Å². The fourth-order valence-electron chi connectivity index (χ4n) is 1.71. The molecule has 0 bridgehead atoms. The zero-order valence-electron chi connectivity index (χ0n) is 9.38. The molecular weight excluding hydrogens is 236 g/mol. The van der Waals surface area contributed by atoms with Crippen LogP contribution in [0.4, 0.5) is 0 Å². The van der Waals surface area contributed by atoms with Gasteiger partial charge < -0.3 is 14.0 Å². The molecule has 1 N–H and O–H groups in total. The van der Waals surface area contributed by atoms with E-state index in [0.717, 1.165) is 5.56 Å². The van der Waals surface area contributed by atoms with Crippen LogP contribution in [0.15, 0.2) is 33.2 Å². The van der Waals surface area contributed by atoms with Crippen LogP contribution in [0.5, 0.6) is 0 Å². The number of aromatic nitrogens is 2. The number of carboxylic acid groups (broad SMARTS) is 1. The lowest BCUT2D eigenvalue weighted by Crippen LogP contribution is -1.91. The highest BCUT2D eigenvalue weighted by Crippen LogP contribution is 2.24. The van der Waals surface area contributed by atoms with Crippen LogP contribution in [0.25, 0.3) is 22.4 Å². The molecule has 0 radical (unpaired) electrons. The molecule has 1 aromatic carbocycles. The third kappa shape index (κ3) is 1.64.